The van der Waals surface area contributed by atoms with Crippen molar-refractivity contribution in [3.8, 4) is 11.8 Å². The molecule has 1 heterocycles. The van der Waals surface area contributed by atoms with E-state index in [1.165, 1.54) is 6.92 Å². The Morgan fingerprint density at radius 2 is 2.10 bits per heavy atom. The van der Waals surface area contributed by atoms with Gasteiger partial charge >= 0.3 is 5.56 Å². The molecule has 0 radical (unpaired) electrons. The third-order valence-electron chi connectivity index (χ3n) is 1.05. The summed E-state index contributed by atoms with van der Waals surface area (Å²) in [6.45, 7) is 1.46. The number of nitrogens with one attached hydrogen (secondary N) is 1. The molecule has 0 aliphatic carbocycles. The van der Waals surface area contributed by atoms with Crippen molar-refractivity contribution in [1.29, 1.82) is 0 Å². The van der Waals surface area contributed by atoms with Gasteiger partial charge in [0.1, 0.15) is 5.69 Å². The maximum absolute atomic E-state index is 10.5. The van der Waals surface area contributed by atoms with Gasteiger partial charge in [-0.1, -0.05) is 0 Å². The molecule has 1 rings (SSSR count). The van der Waals surface area contributed by atoms with Gasteiger partial charge in [-0.05, 0) is 6.92 Å². The first-order chi connectivity index (χ1) is 4.61. The molecular weight excluding hydrogens is 136 g/mol. The monoisotopic (exact) mass is 142 g/mol. The van der Waals surface area contributed by atoms with E-state index in [0.717, 1.165) is 0 Å². The third-order valence-corrected chi connectivity index (χ3v) is 1.05. The summed E-state index contributed by atoms with van der Waals surface area (Å²) in [6, 6.07) is 0. The van der Waals surface area contributed by atoms with Crippen molar-refractivity contribution in [1.82, 2.24) is 9.97 Å². The van der Waals surface area contributed by atoms with Crippen LogP contribution < -0.4 is 5.56 Å². The van der Waals surface area contributed by atoms with Crippen molar-refractivity contribution in [2.45, 2.75) is 6.92 Å². The molecular formula is C5H6N2O3. The van der Waals surface area contributed by atoms with Crippen LogP contribution in [0.2, 0.25) is 0 Å². The molecule has 0 saturated heterocycles. The molecule has 0 atom stereocenters. The van der Waals surface area contributed by atoms with E-state index in [9.17, 15) is 4.79 Å². The van der Waals surface area contributed by atoms with E-state index in [1.54, 1.807) is 0 Å². The van der Waals surface area contributed by atoms with E-state index in [1.807, 2.05) is 4.98 Å². The Kier molecular flexibility index (Phi) is 1.33. The summed E-state index contributed by atoms with van der Waals surface area (Å²) >= 11 is 0. The predicted octanol–water partition coefficient (Wildman–Crippen LogP) is -0.510. The van der Waals surface area contributed by atoms with Crippen molar-refractivity contribution in [2.75, 3.05) is 0 Å². The highest BCUT2D eigenvalue weighted by Gasteiger charge is 2.02. The molecule has 0 amide bonds. The molecule has 5 nitrogen and oxygen atoms in total. The Morgan fingerprint density at radius 3 is 2.60 bits per heavy atom. The molecule has 1 aromatic rings. The normalized spacial score (nSPS) is 9.70. The zero-order valence-corrected chi connectivity index (χ0v) is 5.25. The van der Waals surface area contributed by atoms with Gasteiger partial charge in [0, 0.05) is 0 Å². The summed E-state index contributed by atoms with van der Waals surface area (Å²) in [4.78, 5) is 15.8. The SMILES string of the molecule is Cc1nc(O)c(=O)[nH]c1O. The van der Waals surface area contributed by atoms with Gasteiger partial charge in [-0.2, -0.15) is 0 Å². The molecule has 0 spiro atoms. The van der Waals surface area contributed by atoms with E-state index in [2.05, 4.69) is 4.98 Å². The van der Waals surface area contributed by atoms with Gasteiger partial charge in [0.2, 0.25) is 5.88 Å². The second-order valence-electron chi connectivity index (χ2n) is 1.82. The summed E-state index contributed by atoms with van der Waals surface area (Å²) in [5.41, 5.74) is -0.597. The Balaban J connectivity index is 3.43. The van der Waals surface area contributed by atoms with Crippen LogP contribution in [0.4, 0.5) is 0 Å². The molecule has 3 N–H and O–H groups in total. The highest BCUT2D eigenvalue weighted by atomic mass is 16.3. The lowest BCUT2D eigenvalue weighted by Crippen LogP contribution is -2.07. The Hall–Kier alpha value is -1.52. The number of rotatable bonds is 0. The van der Waals surface area contributed by atoms with Crippen molar-refractivity contribution in [3.63, 3.8) is 0 Å². The zero-order chi connectivity index (χ0) is 7.72. The lowest BCUT2D eigenvalue weighted by molar-refractivity contribution is 0.412. The van der Waals surface area contributed by atoms with Crippen LogP contribution in [-0.2, 0) is 0 Å². The summed E-state index contributed by atoms with van der Waals surface area (Å²) in [5.74, 6) is -0.946. The predicted molar refractivity (Wildman–Crippen MR) is 32.9 cm³/mol. The maximum atomic E-state index is 10.5. The average molecular weight is 142 g/mol. The summed E-state index contributed by atoms with van der Waals surface area (Å²) in [6.07, 6.45) is 0. The van der Waals surface area contributed by atoms with Crippen LogP contribution in [-0.4, -0.2) is 20.2 Å². The quantitative estimate of drug-likeness (QED) is 0.455. The van der Waals surface area contributed by atoms with Crippen molar-refractivity contribution >= 4 is 0 Å². The maximum Gasteiger partial charge on any atom is 0.313 e. The number of nitrogens with zero attached hydrogens (tertiary/aromatic N) is 1. The van der Waals surface area contributed by atoms with Crippen LogP contribution in [0.3, 0.4) is 0 Å². The second-order valence-corrected chi connectivity index (χ2v) is 1.82. The van der Waals surface area contributed by atoms with Gasteiger partial charge in [0.25, 0.3) is 5.88 Å². The number of aromatic hydroxyl groups is 2. The van der Waals surface area contributed by atoms with Gasteiger partial charge < -0.3 is 10.2 Å². The number of aromatic amines is 1. The van der Waals surface area contributed by atoms with E-state index in [4.69, 9.17) is 10.2 Å². The molecule has 0 aromatic carbocycles. The van der Waals surface area contributed by atoms with Crippen LogP contribution in [0.5, 0.6) is 11.8 Å². The van der Waals surface area contributed by atoms with Gasteiger partial charge in [0.15, 0.2) is 0 Å². The second kappa shape index (κ2) is 2.02. The molecule has 0 aliphatic rings. The van der Waals surface area contributed by atoms with E-state index in [-0.39, 0.29) is 11.6 Å². The smallest absolute Gasteiger partial charge is 0.313 e. The van der Waals surface area contributed by atoms with Gasteiger partial charge in [-0.15, -0.1) is 0 Å². The van der Waals surface area contributed by atoms with Crippen molar-refractivity contribution < 1.29 is 10.2 Å². The first-order valence-electron chi connectivity index (χ1n) is 2.60. The first kappa shape index (κ1) is 6.60. The molecule has 10 heavy (non-hydrogen) atoms. The molecule has 1 aromatic heterocycles. The molecule has 0 aliphatic heterocycles. The van der Waals surface area contributed by atoms with Crippen LogP contribution in [0.15, 0.2) is 4.79 Å². The zero-order valence-electron chi connectivity index (χ0n) is 5.25. The molecule has 0 saturated carbocycles. The Bertz CT molecular complexity index is 304. The fourth-order valence-electron chi connectivity index (χ4n) is 0.516. The third kappa shape index (κ3) is 0.928. The largest absolute Gasteiger partial charge is 0.493 e. The molecule has 54 valence electrons. The minimum Gasteiger partial charge on any atom is -0.493 e. The van der Waals surface area contributed by atoms with Crippen molar-refractivity contribution in [3.05, 3.63) is 16.0 Å². The molecule has 0 fully saturated rings. The fourth-order valence-corrected chi connectivity index (χ4v) is 0.516. The Labute approximate surface area is 56.0 Å². The first-order valence-corrected chi connectivity index (χ1v) is 2.60. The highest BCUT2D eigenvalue weighted by Crippen LogP contribution is 2.07. The average Bonchev–Trinajstić information content (AvgIpc) is 1.84. The van der Waals surface area contributed by atoms with Crippen LogP contribution in [0.25, 0.3) is 0 Å². The fraction of sp³-hybridized carbons (Fsp3) is 0.200. The number of H-pyrrole nitrogens is 1. The van der Waals surface area contributed by atoms with Gasteiger partial charge in [-0.25, -0.2) is 4.98 Å². The van der Waals surface area contributed by atoms with E-state index < -0.39 is 11.4 Å². The lowest BCUT2D eigenvalue weighted by Gasteiger charge is -1.95. The number of hydrogen-bond acceptors (Lipinski definition) is 4. The molecule has 0 bridgehead atoms. The van der Waals surface area contributed by atoms with Gasteiger partial charge in [0.05, 0.1) is 0 Å². The van der Waals surface area contributed by atoms with Crippen molar-refractivity contribution in [2.24, 2.45) is 0 Å². The molecule has 5 heteroatoms. The Morgan fingerprint density at radius 1 is 1.50 bits per heavy atom. The van der Waals surface area contributed by atoms with Gasteiger partial charge in [-0.3, -0.25) is 9.78 Å². The standard InChI is InChI=1S/C5H6N2O3/c1-2-3(8)7-5(10)4(9)6-2/h1H3,(H,6,9)(H2,7,8,10). The summed E-state index contributed by atoms with van der Waals surface area (Å²) in [7, 11) is 0. The minimum atomic E-state index is -0.789. The van der Waals surface area contributed by atoms with E-state index in [0.29, 0.717) is 0 Å². The highest BCUT2D eigenvalue weighted by molar-refractivity contribution is 5.18. The van der Waals surface area contributed by atoms with Crippen LogP contribution in [0.1, 0.15) is 5.69 Å². The number of aryl methyl sites for hydroxylation is 1. The summed E-state index contributed by atoms with van der Waals surface area (Å²) in [5, 5.41) is 17.5. The number of hydrogen-bond donors (Lipinski definition) is 3. The minimum absolute atomic E-state index is 0.192. The van der Waals surface area contributed by atoms with E-state index >= 15 is 0 Å². The van der Waals surface area contributed by atoms with Crippen LogP contribution >= 0.6 is 0 Å². The topological polar surface area (TPSA) is 86.2 Å². The summed E-state index contributed by atoms with van der Waals surface area (Å²) < 4.78 is 0. The lowest BCUT2D eigenvalue weighted by atomic mass is 10.5. The molecule has 0 unspecified atom stereocenters. The van der Waals surface area contributed by atoms with Crippen LogP contribution in [0, 0.1) is 6.92 Å². The number of aromatic nitrogens is 2.